The molecule has 2 amide bonds. The van der Waals surface area contributed by atoms with Gasteiger partial charge in [-0.15, -0.1) is 11.3 Å². The number of aryl methyl sites for hydroxylation is 1. The van der Waals surface area contributed by atoms with Crippen molar-refractivity contribution in [2.45, 2.75) is 26.2 Å². The van der Waals surface area contributed by atoms with Gasteiger partial charge in [0.2, 0.25) is 11.8 Å². The van der Waals surface area contributed by atoms with Gasteiger partial charge < -0.3 is 10.1 Å². The monoisotopic (exact) mass is 487 g/mol. The number of para-hydroxylation sites is 1. The highest BCUT2D eigenvalue weighted by molar-refractivity contribution is 7.14. The predicted molar refractivity (Wildman–Crippen MR) is 136 cm³/mol. The predicted octanol–water partition coefficient (Wildman–Crippen LogP) is 4.62. The third-order valence-corrected chi connectivity index (χ3v) is 6.74. The molecule has 5 rings (SSSR count). The molecule has 0 aliphatic carbocycles. The van der Waals surface area contributed by atoms with Crippen molar-refractivity contribution >= 4 is 34.1 Å². The van der Waals surface area contributed by atoms with Crippen LogP contribution in [0, 0.1) is 6.92 Å². The molecule has 2 aromatic heterocycles. The maximum atomic E-state index is 13.0. The lowest BCUT2D eigenvalue weighted by molar-refractivity contribution is -0.117. The molecule has 0 spiro atoms. The first-order chi connectivity index (χ1) is 17.0. The van der Waals surface area contributed by atoms with Crippen LogP contribution in [0.2, 0.25) is 0 Å². The molecule has 0 atom stereocenters. The molecule has 1 saturated heterocycles. The van der Waals surface area contributed by atoms with Crippen molar-refractivity contribution in [2.24, 2.45) is 0 Å². The lowest BCUT2D eigenvalue weighted by Crippen LogP contribution is -2.23. The van der Waals surface area contributed by atoms with Gasteiger partial charge in [0.05, 0.1) is 30.6 Å². The summed E-state index contributed by atoms with van der Waals surface area (Å²) in [5.74, 6) is 1.12. The van der Waals surface area contributed by atoms with E-state index in [-0.39, 0.29) is 18.2 Å². The molecule has 178 valence electrons. The summed E-state index contributed by atoms with van der Waals surface area (Å²) in [6.45, 7) is 2.70. The number of methoxy groups -OCH3 is 1. The maximum absolute atomic E-state index is 13.0. The Morgan fingerprint density at radius 2 is 1.97 bits per heavy atom. The molecule has 0 radical (unpaired) electrons. The minimum atomic E-state index is -0.213. The number of thiazole rings is 1. The summed E-state index contributed by atoms with van der Waals surface area (Å²) in [5.41, 5.74) is 4.11. The van der Waals surface area contributed by atoms with Crippen molar-refractivity contribution in [1.29, 1.82) is 0 Å². The molecular weight excluding hydrogens is 462 g/mol. The summed E-state index contributed by atoms with van der Waals surface area (Å²) < 4.78 is 7.23. The summed E-state index contributed by atoms with van der Waals surface area (Å²) in [5, 5.41) is 10.3. The van der Waals surface area contributed by atoms with Crippen LogP contribution in [0.15, 0.2) is 60.0 Å². The smallest absolute Gasteiger partial charge is 0.231 e. The van der Waals surface area contributed by atoms with Crippen LogP contribution in [0.3, 0.4) is 0 Å². The summed E-state index contributed by atoms with van der Waals surface area (Å²) in [6, 6.07) is 17.4. The van der Waals surface area contributed by atoms with Crippen LogP contribution in [0.4, 0.5) is 10.9 Å². The third kappa shape index (κ3) is 4.81. The number of ether oxygens (including phenoxy) is 1. The molecular formula is C26H25N5O3S. The van der Waals surface area contributed by atoms with Crippen LogP contribution in [-0.4, -0.2) is 40.2 Å². The van der Waals surface area contributed by atoms with Gasteiger partial charge in [0.15, 0.2) is 5.13 Å². The number of hydrogen-bond donors (Lipinski definition) is 1. The second-order valence-corrected chi connectivity index (χ2v) is 9.19. The Bertz CT molecular complexity index is 1380. The maximum Gasteiger partial charge on any atom is 0.231 e. The second kappa shape index (κ2) is 9.71. The number of benzene rings is 2. The van der Waals surface area contributed by atoms with E-state index in [4.69, 9.17) is 9.84 Å². The molecule has 35 heavy (non-hydrogen) atoms. The largest absolute Gasteiger partial charge is 0.496 e. The number of rotatable bonds is 7. The Hall–Kier alpha value is -3.98. The molecule has 0 saturated carbocycles. The molecule has 3 heterocycles. The van der Waals surface area contributed by atoms with E-state index in [9.17, 15) is 9.59 Å². The van der Waals surface area contributed by atoms with Crippen LogP contribution in [-0.2, 0) is 16.0 Å². The van der Waals surface area contributed by atoms with Crippen LogP contribution in [0.25, 0.3) is 16.9 Å². The molecule has 9 heteroatoms. The topological polar surface area (TPSA) is 89.4 Å². The van der Waals surface area contributed by atoms with Crippen molar-refractivity contribution in [3.8, 4) is 22.7 Å². The minimum absolute atomic E-state index is 0.0845. The Kier molecular flexibility index (Phi) is 6.33. The highest BCUT2D eigenvalue weighted by Gasteiger charge is 2.24. The van der Waals surface area contributed by atoms with Gasteiger partial charge in [0.1, 0.15) is 11.6 Å². The average Bonchev–Trinajstić information content (AvgIpc) is 3.60. The highest BCUT2D eigenvalue weighted by Crippen LogP contribution is 2.32. The number of nitrogens with one attached hydrogen (secondary N) is 1. The normalized spacial score (nSPS) is 13.3. The summed E-state index contributed by atoms with van der Waals surface area (Å²) in [6.07, 6.45) is 1.49. The molecule has 1 fully saturated rings. The summed E-state index contributed by atoms with van der Waals surface area (Å²) in [7, 11) is 1.62. The first-order valence-corrected chi connectivity index (χ1v) is 12.2. The van der Waals surface area contributed by atoms with E-state index >= 15 is 0 Å². The molecule has 8 nitrogen and oxygen atoms in total. The minimum Gasteiger partial charge on any atom is -0.496 e. The number of aromatic nitrogens is 3. The number of nitrogens with zero attached hydrogens (tertiary/aromatic N) is 4. The van der Waals surface area contributed by atoms with E-state index in [0.717, 1.165) is 23.2 Å². The molecule has 1 N–H and O–H groups in total. The Labute approximate surface area is 207 Å². The highest BCUT2D eigenvalue weighted by atomic mass is 32.1. The lowest BCUT2D eigenvalue weighted by Gasteiger charge is -2.10. The van der Waals surface area contributed by atoms with Crippen molar-refractivity contribution in [1.82, 2.24) is 14.8 Å². The van der Waals surface area contributed by atoms with E-state index in [1.54, 1.807) is 16.7 Å². The van der Waals surface area contributed by atoms with Crippen molar-refractivity contribution in [2.75, 3.05) is 23.9 Å². The van der Waals surface area contributed by atoms with Gasteiger partial charge in [-0.05, 0) is 37.6 Å². The van der Waals surface area contributed by atoms with Crippen molar-refractivity contribution in [3.05, 3.63) is 71.2 Å². The van der Waals surface area contributed by atoms with Crippen LogP contribution in [0.1, 0.15) is 24.1 Å². The van der Waals surface area contributed by atoms with Gasteiger partial charge in [-0.3, -0.25) is 14.5 Å². The van der Waals surface area contributed by atoms with Gasteiger partial charge >= 0.3 is 0 Å². The van der Waals surface area contributed by atoms with Gasteiger partial charge in [-0.25, -0.2) is 9.67 Å². The fraction of sp³-hybridized carbons (Fsp3) is 0.231. The van der Waals surface area contributed by atoms with Gasteiger partial charge in [0, 0.05) is 30.0 Å². The second-order valence-electron chi connectivity index (χ2n) is 8.36. The fourth-order valence-electron chi connectivity index (χ4n) is 4.04. The van der Waals surface area contributed by atoms with Crippen molar-refractivity contribution < 1.29 is 14.3 Å². The zero-order chi connectivity index (χ0) is 24.4. The zero-order valence-corrected chi connectivity index (χ0v) is 20.3. The van der Waals surface area contributed by atoms with Gasteiger partial charge in [-0.1, -0.05) is 29.8 Å². The number of anilines is 2. The molecule has 1 aliphatic heterocycles. The average molecular weight is 488 g/mol. The Morgan fingerprint density at radius 3 is 2.71 bits per heavy atom. The Morgan fingerprint density at radius 1 is 1.17 bits per heavy atom. The van der Waals surface area contributed by atoms with Gasteiger partial charge in [0.25, 0.3) is 0 Å². The Balaban J connectivity index is 1.41. The third-order valence-electron chi connectivity index (χ3n) is 5.82. The van der Waals surface area contributed by atoms with E-state index in [1.165, 1.54) is 11.3 Å². The number of carbonyl (C=O) groups excluding carboxylic acids is 2. The molecule has 4 aromatic rings. The SMILES string of the molecule is COc1ccccc1-c1cc(NC(=O)Cc2csc(N3CCCC3=O)n2)n(-c2ccc(C)cc2)n1. The first-order valence-electron chi connectivity index (χ1n) is 11.4. The first kappa shape index (κ1) is 22.8. The molecule has 0 unspecified atom stereocenters. The van der Waals surface area contributed by atoms with Crippen molar-refractivity contribution in [3.63, 3.8) is 0 Å². The van der Waals surface area contributed by atoms with Crippen LogP contribution in [0.5, 0.6) is 5.75 Å². The number of amides is 2. The van der Waals surface area contributed by atoms with Gasteiger partial charge in [-0.2, -0.15) is 5.10 Å². The number of hydrogen-bond acceptors (Lipinski definition) is 6. The van der Waals surface area contributed by atoms with Crippen LogP contribution < -0.4 is 15.0 Å². The number of carbonyl (C=O) groups is 2. The fourth-order valence-corrected chi connectivity index (χ4v) is 4.91. The van der Waals surface area contributed by atoms with E-state index in [0.29, 0.717) is 41.1 Å². The summed E-state index contributed by atoms with van der Waals surface area (Å²) in [4.78, 5) is 31.2. The quantitative estimate of drug-likeness (QED) is 0.411. The molecule has 2 aromatic carbocycles. The van der Waals surface area contributed by atoms with E-state index < -0.39 is 0 Å². The van der Waals surface area contributed by atoms with E-state index in [2.05, 4.69) is 10.3 Å². The van der Waals surface area contributed by atoms with E-state index in [1.807, 2.05) is 66.9 Å². The molecule has 1 aliphatic rings. The van der Waals surface area contributed by atoms with Crippen LogP contribution >= 0.6 is 11.3 Å². The molecule has 0 bridgehead atoms. The standard InChI is InChI=1S/C26H25N5O3S/c1-17-9-11-19(12-10-17)31-23(15-21(29-31)20-6-3-4-7-22(20)34-2)28-24(32)14-18-16-35-26(27-18)30-13-5-8-25(30)33/h3-4,6-7,9-12,15-16H,5,8,13-14H2,1-2H3,(H,28,32). The zero-order valence-electron chi connectivity index (χ0n) is 19.5. The lowest BCUT2D eigenvalue weighted by atomic mass is 10.1. The summed E-state index contributed by atoms with van der Waals surface area (Å²) >= 11 is 1.39.